The maximum absolute atomic E-state index is 12.0. The van der Waals surface area contributed by atoms with Gasteiger partial charge in [-0.2, -0.15) is 0 Å². The van der Waals surface area contributed by atoms with Crippen LogP contribution in [0.25, 0.3) is 0 Å². The van der Waals surface area contributed by atoms with Gasteiger partial charge in [-0.3, -0.25) is 4.79 Å². The van der Waals surface area contributed by atoms with E-state index in [2.05, 4.69) is 5.32 Å². The van der Waals surface area contributed by atoms with Crippen LogP contribution in [-0.2, 0) is 9.59 Å². The molecule has 120 valence electrons. The zero-order valence-corrected chi connectivity index (χ0v) is 13.1. The van der Waals surface area contributed by atoms with Gasteiger partial charge in [-0.15, -0.1) is 0 Å². The third-order valence-electron chi connectivity index (χ3n) is 4.18. The molecule has 0 heterocycles. The van der Waals surface area contributed by atoms with Crippen LogP contribution in [0, 0.1) is 13.8 Å². The molecule has 5 heteroatoms. The van der Waals surface area contributed by atoms with E-state index >= 15 is 0 Å². The molecule has 1 aliphatic carbocycles. The van der Waals surface area contributed by atoms with Crippen LogP contribution in [0.2, 0.25) is 0 Å². The molecule has 5 nitrogen and oxygen atoms in total. The molecular formula is C17H23NO4. The Morgan fingerprint density at radius 1 is 1.27 bits per heavy atom. The second-order valence-corrected chi connectivity index (χ2v) is 6.01. The van der Waals surface area contributed by atoms with Crippen molar-refractivity contribution in [3.05, 3.63) is 29.3 Å². The summed E-state index contributed by atoms with van der Waals surface area (Å²) in [4.78, 5) is 23.4. The van der Waals surface area contributed by atoms with Gasteiger partial charge in [0.05, 0.1) is 13.0 Å². The molecule has 0 aromatic heterocycles. The molecular weight excluding hydrogens is 282 g/mol. The SMILES string of the molecule is Cc1ccc(C)c(OCCC(=O)NC2(C(=O)O)CCCC2)c1. The minimum absolute atomic E-state index is 0.155. The number of carbonyl (C=O) groups is 2. The van der Waals surface area contributed by atoms with E-state index < -0.39 is 11.5 Å². The van der Waals surface area contributed by atoms with Crippen molar-refractivity contribution in [2.24, 2.45) is 0 Å². The molecule has 0 aliphatic heterocycles. The van der Waals surface area contributed by atoms with Gasteiger partial charge in [0.2, 0.25) is 5.91 Å². The van der Waals surface area contributed by atoms with Crippen LogP contribution in [0.5, 0.6) is 5.75 Å². The lowest BCUT2D eigenvalue weighted by Gasteiger charge is -2.25. The van der Waals surface area contributed by atoms with Crippen molar-refractivity contribution >= 4 is 11.9 Å². The highest BCUT2D eigenvalue weighted by Gasteiger charge is 2.42. The summed E-state index contributed by atoms with van der Waals surface area (Å²) in [7, 11) is 0. The first-order valence-corrected chi connectivity index (χ1v) is 7.67. The van der Waals surface area contributed by atoms with E-state index in [0.717, 1.165) is 29.7 Å². The van der Waals surface area contributed by atoms with E-state index in [0.29, 0.717) is 12.8 Å². The molecule has 2 rings (SSSR count). The van der Waals surface area contributed by atoms with Gasteiger partial charge in [-0.05, 0) is 43.9 Å². The first-order valence-electron chi connectivity index (χ1n) is 7.67. The maximum atomic E-state index is 12.0. The van der Waals surface area contributed by atoms with Crippen LogP contribution in [0.4, 0.5) is 0 Å². The number of carbonyl (C=O) groups excluding carboxylic acids is 1. The van der Waals surface area contributed by atoms with Crippen LogP contribution in [0.3, 0.4) is 0 Å². The maximum Gasteiger partial charge on any atom is 0.329 e. The van der Waals surface area contributed by atoms with Crippen molar-refractivity contribution < 1.29 is 19.4 Å². The number of hydrogen-bond acceptors (Lipinski definition) is 3. The summed E-state index contributed by atoms with van der Waals surface area (Å²) in [5.41, 5.74) is 1.04. The van der Waals surface area contributed by atoms with Crippen molar-refractivity contribution in [2.75, 3.05) is 6.61 Å². The van der Waals surface area contributed by atoms with Gasteiger partial charge in [-0.1, -0.05) is 25.0 Å². The lowest BCUT2D eigenvalue weighted by Crippen LogP contribution is -2.52. The Bertz CT molecular complexity index is 562. The first kappa shape index (κ1) is 16.3. The smallest absolute Gasteiger partial charge is 0.329 e. The van der Waals surface area contributed by atoms with Crippen LogP contribution >= 0.6 is 0 Å². The number of carboxylic acids is 1. The highest BCUT2D eigenvalue weighted by molar-refractivity contribution is 5.87. The molecule has 1 saturated carbocycles. The van der Waals surface area contributed by atoms with E-state index in [-0.39, 0.29) is 18.9 Å². The van der Waals surface area contributed by atoms with Crippen LogP contribution in [0.1, 0.15) is 43.2 Å². The summed E-state index contributed by atoms with van der Waals surface area (Å²) in [6.07, 6.45) is 2.84. The Labute approximate surface area is 130 Å². The molecule has 0 unspecified atom stereocenters. The summed E-state index contributed by atoms with van der Waals surface area (Å²) in [5, 5.41) is 12.0. The number of aliphatic carboxylic acids is 1. The molecule has 22 heavy (non-hydrogen) atoms. The van der Waals surface area contributed by atoms with Crippen molar-refractivity contribution in [3.8, 4) is 5.75 Å². The van der Waals surface area contributed by atoms with Gasteiger partial charge in [0.15, 0.2) is 0 Å². The van der Waals surface area contributed by atoms with Gasteiger partial charge in [-0.25, -0.2) is 4.79 Å². The van der Waals surface area contributed by atoms with Crippen molar-refractivity contribution in [2.45, 2.75) is 51.5 Å². The normalized spacial score (nSPS) is 16.3. The number of ether oxygens (including phenoxy) is 1. The second-order valence-electron chi connectivity index (χ2n) is 6.01. The molecule has 1 aromatic carbocycles. The molecule has 0 atom stereocenters. The van der Waals surface area contributed by atoms with E-state index in [1.54, 1.807) is 0 Å². The average Bonchev–Trinajstić information content (AvgIpc) is 2.92. The Morgan fingerprint density at radius 2 is 1.95 bits per heavy atom. The number of hydrogen-bond donors (Lipinski definition) is 2. The summed E-state index contributed by atoms with van der Waals surface area (Å²) < 4.78 is 5.64. The predicted octanol–water partition coefficient (Wildman–Crippen LogP) is 2.59. The van der Waals surface area contributed by atoms with E-state index in [1.165, 1.54) is 0 Å². The third-order valence-corrected chi connectivity index (χ3v) is 4.18. The van der Waals surface area contributed by atoms with Gasteiger partial charge in [0, 0.05) is 0 Å². The fourth-order valence-electron chi connectivity index (χ4n) is 2.82. The monoisotopic (exact) mass is 305 g/mol. The fraction of sp³-hybridized carbons (Fsp3) is 0.529. The Hall–Kier alpha value is -2.04. The number of benzene rings is 1. The summed E-state index contributed by atoms with van der Waals surface area (Å²) >= 11 is 0. The summed E-state index contributed by atoms with van der Waals surface area (Å²) in [5.74, 6) is -0.440. The average molecular weight is 305 g/mol. The van der Waals surface area contributed by atoms with E-state index in [9.17, 15) is 14.7 Å². The molecule has 1 amide bonds. The standard InChI is InChI=1S/C17H23NO4/c1-12-5-6-13(2)14(11-12)22-10-7-15(19)18-17(16(20)21)8-3-4-9-17/h5-6,11H,3-4,7-10H2,1-2H3,(H,18,19)(H,20,21). The minimum atomic E-state index is -1.07. The predicted molar refractivity (Wildman–Crippen MR) is 83.0 cm³/mol. The van der Waals surface area contributed by atoms with Gasteiger partial charge >= 0.3 is 5.97 Å². The molecule has 2 N–H and O–H groups in total. The van der Waals surface area contributed by atoms with Crippen molar-refractivity contribution in [1.82, 2.24) is 5.32 Å². The molecule has 1 aromatic rings. The minimum Gasteiger partial charge on any atom is -0.493 e. The number of carboxylic acid groups (broad SMARTS) is 1. The number of amides is 1. The molecule has 0 radical (unpaired) electrons. The Morgan fingerprint density at radius 3 is 2.59 bits per heavy atom. The largest absolute Gasteiger partial charge is 0.493 e. The third kappa shape index (κ3) is 3.78. The molecule has 0 bridgehead atoms. The van der Waals surface area contributed by atoms with E-state index in [1.807, 2.05) is 32.0 Å². The topological polar surface area (TPSA) is 75.6 Å². The number of nitrogens with one attached hydrogen (secondary N) is 1. The number of rotatable bonds is 6. The summed E-state index contributed by atoms with van der Waals surface area (Å²) in [6, 6.07) is 5.91. The van der Waals surface area contributed by atoms with Crippen molar-refractivity contribution in [3.63, 3.8) is 0 Å². The van der Waals surface area contributed by atoms with E-state index in [4.69, 9.17) is 4.74 Å². The highest BCUT2D eigenvalue weighted by atomic mass is 16.5. The van der Waals surface area contributed by atoms with Gasteiger partial charge in [0.25, 0.3) is 0 Å². The molecule has 1 aliphatic rings. The lowest BCUT2D eigenvalue weighted by atomic mass is 9.97. The second kappa shape index (κ2) is 6.81. The highest BCUT2D eigenvalue weighted by Crippen LogP contribution is 2.30. The molecule has 1 fully saturated rings. The van der Waals surface area contributed by atoms with Gasteiger partial charge < -0.3 is 15.2 Å². The number of aryl methyl sites for hydroxylation is 2. The van der Waals surface area contributed by atoms with Crippen LogP contribution in [0.15, 0.2) is 18.2 Å². The fourth-order valence-corrected chi connectivity index (χ4v) is 2.82. The molecule has 0 spiro atoms. The first-order chi connectivity index (χ1) is 10.4. The quantitative estimate of drug-likeness (QED) is 0.847. The van der Waals surface area contributed by atoms with Crippen molar-refractivity contribution in [1.29, 1.82) is 0 Å². The Balaban J connectivity index is 1.85. The zero-order chi connectivity index (χ0) is 16.2. The van der Waals surface area contributed by atoms with Crippen LogP contribution in [-0.4, -0.2) is 29.1 Å². The lowest BCUT2D eigenvalue weighted by molar-refractivity contribution is -0.147. The van der Waals surface area contributed by atoms with Crippen LogP contribution < -0.4 is 10.1 Å². The zero-order valence-electron chi connectivity index (χ0n) is 13.1. The Kier molecular flexibility index (Phi) is 5.06. The molecule has 0 saturated heterocycles. The summed E-state index contributed by atoms with van der Waals surface area (Å²) in [6.45, 7) is 4.17. The van der Waals surface area contributed by atoms with Gasteiger partial charge in [0.1, 0.15) is 11.3 Å².